The SMILES string of the molecule is N#Cc1cc(Nc2ncc(C(F)(F)F)c(NC[C@@H]3CCCN4CCCC[C@H]34)n2)ccc1C1CC1. The standard InChI is InChI=1S/C25H29F3N6/c26-25(27,28)21-15-31-24(32-19-8-9-20(16-6-7-16)18(12-19)13-29)33-23(21)30-14-17-4-3-11-34-10-2-1-5-22(17)34/h8-9,12,15-17,22H,1-7,10-11,14H2,(H2,30,31,32,33)/t17-,22+/m0/s1. The monoisotopic (exact) mass is 470 g/mol. The zero-order valence-corrected chi connectivity index (χ0v) is 19.0. The Bertz CT molecular complexity index is 1070. The molecule has 2 N–H and O–H groups in total. The number of hydrogen-bond acceptors (Lipinski definition) is 6. The maximum Gasteiger partial charge on any atom is 0.421 e. The van der Waals surface area contributed by atoms with E-state index in [4.69, 9.17) is 0 Å². The van der Waals surface area contributed by atoms with Crippen LogP contribution in [0.4, 0.5) is 30.6 Å². The molecular formula is C25H29F3N6. The molecule has 6 nitrogen and oxygen atoms in total. The Kier molecular flexibility index (Phi) is 6.34. The molecule has 2 aliphatic heterocycles. The maximum atomic E-state index is 13.7. The lowest BCUT2D eigenvalue weighted by Gasteiger charge is -2.44. The lowest BCUT2D eigenvalue weighted by atomic mass is 9.83. The first-order chi connectivity index (χ1) is 16.4. The highest BCUT2D eigenvalue weighted by Crippen LogP contribution is 2.42. The summed E-state index contributed by atoms with van der Waals surface area (Å²) in [5.74, 6) is 0.603. The molecule has 3 heterocycles. The highest BCUT2D eigenvalue weighted by molar-refractivity contribution is 5.61. The minimum atomic E-state index is -4.55. The van der Waals surface area contributed by atoms with E-state index in [2.05, 4.69) is 31.6 Å². The third-order valence-electron chi connectivity index (χ3n) is 7.30. The maximum absolute atomic E-state index is 13.7. The number of benzene rings is 1. The van der Waals surface area contributed by atoms with Crippen LogP contribution in [0.3, 0.4) is 0 Å². The van der Waals surface area contributed by atoms with Crippen molar-refractivity contribution in [2.45, 2.75) is 63.1 Å². The van der Waals surface area contributed by atoms with Gasteiger partial charge in [-0.15, -0.1) is 0 Å². The Morgan fingerprint density at radius 1 is 1.09 bits per heavy atom. The zero-order chi connectivity index (χ0) is 23.7. The van der Waals surface area contributed by atoms with Crippen molar-refractivity contribution in [2.75, 3.05) is 30.3 Å². The quantitative estimate of drug-likeness (QED) is 0.567. The average molecular weight is 471 g/mol. The van der Waals surface area contributed by atoms with Crippen LogP contribution in [0.2, 0.25) is 0 Å². The molecule has 0 bridgehead atoms. The van der Waals surface area contributed by atoms with Crippen LogP contribution in [-0.2, 0) is 6.18 Å². The van der Waals surface area contributed by atoms with Gasteiger partial charge in [0.1, 0.15) is 11.4 Å². The van der Waals surface area contributed by atoms with Gasteiger partial charge in [-0.25, -0.2) is 4.98 Å². The fourth-order valence-corrected chi connectivity index (χ4v) is 5.44. The van der Waals surface area contributed by atoms with Gasteiger partial charge in [0.15, 0.2) is 0 Å². The topological polar surface area (TPSA) is 76.9 Å². The number of halogens is 3. The minimum absolute atomic E-state index is 0.0708. The molecule has 2 saturated heterocycles. The second kappa shape index (κ2) is 9.41. The molecule has 0 unspecified atom stereocenters. The van der Waals surface area contributed by atoms with E-state index in [1.807, 2.05) is 12.1 Å². The number of hydrogen-bond donors (Lipinski definition) is 2. The van der Waals surface area contributed by atoms with Gasteiger partial charge < -0.3 is 15.5 Å². The first-order valence-electron chi connectivity index (χ1n) is 12.2. The van der Waals surface area contributed by atoms with Crippen molar-refractivity contribution in [3.63, 3.8) is 0 Å². The van der Waals surface area contributed by atoms with Crippen molar-refractivity contribution in [1.82, 2.24) is 14.9 Å². The van der Waals surface area contributed by atoms with Crippen LogP contribution in [0.15, 0.2) is 24.4 Å². The fraction of sp³-hybridized carbons (Fsp3) is 0.560. The molecule has 2 aromatic rings. The summed E-state index contributed by atoms with van der Waals surface area (Å²) in [4.78, 5) is 10.6. The molecule has 180 valence electrons. The van der Waals surface area contributed by atoms with Gasteiger partial charge in [-0.1, -0.05) is 12.5 Å². The molecular weight excluding hydrogens is 441 g/mol. The molecule has 0 radical (unpaired) electrons. The van der Waals surface area contributed by atoms with Crippen LogP contribution in [0.5, 0.6) is 0 Å². The number of nitrogens with zero attached hydrogens (tertiary/aromatic N) is 4. The summed E-state index contributed by atoms with van der Waals surface area (Å²) in [6.07, 6.45) is 4.00. The minimum Gasteiger partial charge on any atom is -0.369 e. The van der Waals surface area contributed by atoms with Crippen LogP contribution in [0.1, 0.15) is 67.6 Å². The van der Waals surface area contributed by atoms with Crippen molar-refractivity contribution in [3.8, 4) is 6.07 Å². The molecule has 0 spiro atoms. The summed E-state index contributed by atoms with van der Waals surface area (Å²) in [7, 11) is 0. The molecule has 2 atom stereocenters. The van der Waals surface area contributed by atoms with Crippen LogP contribution >= 0.6 is 0 Å². The Morgan fingerprint density at radius 3 is 2.68 bits per heavy atom. The van der Waals surface area contributed by atoms with Gasteiger partial charge in [0, 0.05) is 24.5 Å². The van der Waals surface area contributed by atoms with Crippen molar-refractivity contribution in [1.29, 1.82) is 5.26 Å². The zero-order valence-electron chi connectivity index (χ0n) is 19.0. The van der Waals surface area contributed by atoms with Gasteiger partial charge in [0.05, 0.1) is 11.6 Å². The normalized spacial score (nSPS) is 23.1. The molecule has 1 aromatic carbocycles. The van der Waals surface area contributed by atoms with Crippen LogP contribution in [0.25, 0.3) is 0 Å². The Labute approximate surface area is 197 Å². The second-order valence-corrected chi connectivity index (χ2v) is 9.65. The highest BCUT2D eigenvalue weighted by Gasteiger charge is 2.37. The summed E-state index contributed by atoms with van der Waals surface area (Å²) < 4.78 is 41.0. The van der Waals surface area contributed by atoms with Gasteiger partial charge in [-0.3, -0.25) is 0 Å². The molecule has 1 aromatic heterocycles. The summed E-state index contributed by atoms with van der Waals surface area (Å²) in [6, 6.07) is 8.08. The van der Waals surface area contributed by atoms with Crippen LogP contribution in [-0.4, -0.2) is 40.5 Å². The average Bonchev–Trinajstić information content (AvgIpc) is 3.67. The smallest absolute Gasteiger partial charge is 0.369 e. The first kappa shape index (κ1) is 22.9. The van der Waals surface area contributed by atoms with Gasteiger partial charge >= 0.3 is 6.18 Å². The number of nitrogens with one attached hydrogen (secondary N) is 2. The predicted octanol–water partition coefficient (Wildman–Crippen LogP) is 5.66. The van der Waals surface area contributed by atoms with Crippen molar-refractivity contribution in [3.05, 3.63) is 41.1 Å². The molecule has 1 aliphatic carbocycles. The lowest BCUT2D eigenvalue weighted by molar-refractivity contribution is -0.137. The number of anilines is 3. The first-order valence-corrected chi connectivity index (χ1v) is 12.2. The lowest BCUT2D eigenvalue weighted by Crippen LogP contribution is -2.49. The van der Waals surface area contributed by atoms with Gasteiger partial charge in [0.2, 0.25) is 5.95 Å². The number of aromatic nitrogens is 2. The molecule has 1 saturated carbocycles. The predicted molar refractivity (Wildman–Crippen MR) is 124 cm³/mol. The van der Waals surface area contributed by atoms with E-state index < -0.39 is 11.7 Å². The summed E-state index contributed by atoms with van der Waals surface area (Å²) in [5, 5.41) is 15.5. The Morgan fingerprint density at radius 2 is 1.91 bits per heavy atom. The molecule has 3 aliphatic rings. The molecule has 0 amide bonds. The van der Waals surface area contributed by atoms with Crippen LogP contribution in [0, 0.1) is 17.2 Å². The summed E-state index contributed by atoms with van der Waals surface area (Å²) in [5.41, 5.74) is 1.31. The number of piperidine rings is 2. The van der Waals surface area contributed by atoms with E-state index in [1.54, 1.807) is 6.07 Å². The van der Waals surface area contributed by atoms with E-state index in [1.165, 1.54) is 12.8 Å². The second-order valence-electron chi connectivity index (χ2n) is 9.65. The number of nitriles is 1. The van der Waals surface area contributed by atoms with Crippen molar-refractivity contribution < 1.29 is 13.2 Å². The van der Waals surface area contributed by atoms with Crippen molar-refractivity contribution in [2.24, 2.45) is 5.92 Å². The Hall–Kier alpha value is -2.86. The third kappa shape index (κ3) is 4.97. The van der Waals surface area contributed by atoms with E-state index in [-0.39, 0.29) is 11.8 Å². The molecule has 3 fully saturated rings. The molecule has 9 heteroatoms. The van der Waals surface area contributed by atoms with Crippen LogP contribution < -0.4 is 10.6 Å². The van der Waals surface area contributed by atoms with Gasteiger partial charge in [0.25, 0.3) is 0 Å². The van der Waals surface area contributed by atoms with E-state index in [0.29, 0.717) is 35.7 Å². The summed E-state index contributed by atoms with van der Waals surface area (Å²) in [6.45, 7) is 2.62. The Balaban J connectivity index is 1.34. The van der Waals surface area contributed by atoms with Gasteiger partial charge in [-0.05, 0) is 81.1 Å². The number of fused-ring (bicyclic) bond motifs is 1. The fourth-order valence-electron chi connectivity index (χ4n) is 5.44. The summed E-state index contributed by atoms with van der Waals surface area (Å²) >= 11 is 0. The third-order valence-corrected chi connectivity index (χ3v) is 7.30. The van der Waals surface area contributed by atoms with Crippen molar-refractivity contribution >= 4 is 17.5 Å². The largest absolute Gasteiger partial charge is 0.421 e. The highest BCUT2D eigenvalue weighted by atomic mass is 19.4. The molecule has 34 heavy (non-hydrogen) atoms. The molecule has 5 rings (SSSR count). The number of rotatable bonds is 6. The van der Waals surface area contributed by atoms with E-state index >= 15 is 0 Å². The van der Waals surface area contributed by atoms with E-state index in [9.17, 15) is 18.4 Å². The number of alkyl halides is 3. The van der Waals surface area contributed by atoms with E-state index in [0.717, 1.165) is 57.0 Å². The van der Waals surface area contributed by atoms with Gasteiger partial charge in [-0.2, -0.15) is 23.4 Å².